The number of carbonyl (C=O) groups is 4. The third-order valence-electron chi connectivity index (χ3n) is 7.79. The van der Waals surface area contributed by atoms with Crippen LogP contribution in [0, 0.1) is 5.82 Å². The molecule has 3 amide bonds. The second kappa shape index (κ2) is 16.4. The predicted molar refractivity (Wildman–Crippen MR) is 189 cm³/mol. The lowest BCUT2D eigenvalue weighted by Gasteiger charge is -2.16. The number of esters is 1. The summed E-state index contributed by atoms with van der Waals surface area (Å²) in [5.74, 6) is -2.15. The van der Waals surface area contributed by atoms with Crippen molar-refractivity contribution in [2.24, 2.45) is 0 Å². The van der Waals surface area contributed by atoms with Crippen molar-refractivity contribution in [3.63, 3.8) is 0 Å². The van der Waals surface area contributed by atoms with Crippen LogP contribution < -0.4 is 16.0 Å². The largest absolute Gasteiger partial charge is 0.465 e. The van der Waals surface area contributed by atoms with E-state index >= 15 is 0 Å². The van der Waals surface area contributed by atoms with Crippen LogP contribution in [0.5, 0.6) is 0 Å². The Kier molecular flexibility index (Phi) is 11.8. The zero-order valence-corrected chi connectivity index (χ0v) is 28.3. The molecular formula is C37H36FN3O5S2. The monoisotopic (exact) mass is 685 g/mol. The Hall–Kier alpha value is -4.74. The van der Waals surface area contributed by atoms with Gasteiger partial charge in [-0.1, -0.05) is 49.7 Å². The Morgan fingerprint density at radius 1 is 0.938 bits per heavy atom. The van der Waals surface area contributed by atoms with E-state index in [1.54, 1.807) is 48.5 Å². The van der Waals surface area contributed by atoms with Crippen LogP contribution >= 0.6 is 23.1 Å². The van der Waals surface area contributed by atoms with E-state index in [-0.39, 0.29) is 11.6 Å². The van der Waals surface area contributed by atoms with E-state index in [1.807, 2.05) is 13.0 Å². The van der Waals surface area contributed by atoms with E-state index in [0.29, 0.717) is 33.8 Å². The molecule has 1 unspecified atom stereocenters. The molecule has 0 fully saturated rings. The van der Waals surface area contributed by atoms with Gasteiger partial charge in [-0.3, -0.25) is 14.4 Å². The zero-order valence-electron chi connectivity index (χ0n) is 26.6. The van der Waals surface area contributed by atoms with Crippen molar-refractivity contribution in [2.75, 3.05) is 17.7 Å². The van der Waals surface area contributed by atoms with E-state index < -0.39 is 28.9 Å². The summed E-state index contributed by atoms with van der Waals surface area (Å²) in [5, 5.41) is 8.56. The van der Waals surface area contributed by atoms with Gasteiger partial charge in [0.1, 0.15) is 16.5 Å². The number of nitrogens with one attached hydrogen (secondary N) is 3. The number of methoxy groups -OCH3 is 1. The molecule has 1 heterocycles. The van der Waals surface area contributed by atoms with E-state index in [0.717, 1.165) is 47.4 Å². The van der Waals surface area contributed by atoms with Crippen molar-refractivity contribution in [3.05, 3.63) is 118 Å². The maximum absolute atomic E-state index is 13.5. The van der Waals surface area contributed by atoms with E-state index in [1.165, 1.54) is 60.5 Å². The molecule has 1 aliphatic carbocycles. The van der Waals surface area contributed by atoms with Crippen molar-refractivity contribution in [2.45, 2.75) is 55.6 Å². The fourth-order valence-electron chi connectivity index (χ4n) is 5.34. The summed E-state index contributed by atoms with van der Waals surface area (Å²) in [6, 6.07) is 21.1. The average molecular weight is 686 g/mol. The van der Waals surface area contributed by atoms with Crippen LogP contribution in [0.25, 0.3) is 6.08 Å². The third kappa shape index (κ3) is 8.78. The van der Waals surface area contributed by atoms with Crippen LogP contribution in [0.15, 0.2) is 89.5 Å². The van der Waals surface area contributed by atoms with E-state index in [4.69, 9.17) is 4.74 Å². The number of halogens is 1. The quantitative estimate of drug-likeness (QED) is 0.0641. The van der Waals surface area contributed by atoms with E-state index in [9.17, 15) is 23.6 Å². The number of ether oxygens (including phenoxy) is 1. The summed E-state index contributed by atoms with van der Waals surface area (Å²) in [7, 11) is 1.35. The number of aryl methyl sites for hydroxylation is 1. The Morgan fingerprint density at radius 3 is 2.42 bits per heavy atom. The van der Waals surface area contributed by atoms with Crippen LogP contribution in [0.3, 0.4) is 0 Å². The number of thioether (sulfide) groups is 1. The first-order chi connectivity index (χ1) is 23.2. The number of thiophene rings is 1. The molecule has 1 aliphatic rings. The molecule has 5 rings (SSSR count). The van der Waals surface area contributed by atoms with Gasteiger partial charge in [0.2, 0.25) is 5.91 Å². The molecule has 11 heteroatoms. The van der Waals surface area contributed by atoms with Gasteiger partial charge in [-0.25, -0.2) is 9.18 Å². The number of amides is 3. The predicted octanol–water partition coefficient (Wildman–Crippen LogP) is 7.86. The zero-order chi connectivity index (χ0) is 34.0. The summed E-state index contributed by atoms with van der Waals surface area (Å²) in [4.78, 5) is 54.6. The van der Waals surface area contributed by atoms with Gasteiger partial charge < -0.3 is 20.7 Å². The minimum Gasteiger partial charge on any atom is -0.465 e. The summed E-state index contributed by atoms with van der Waals surface area (Å²) >= 11 is 2.79. The third-order valence-corrected chi connectivity index (χ3v) is 10.4. The molecule has 1 atom stereocenters. The Labute approximate surface area is 287 Å². The lowest BCUT2D eigenvalue weighted by molar-refractivity contribution is -0.116. The summed E-state index contributed by atoms with van der Waals surface area (Å²) in [6.07, 6.45) is 6.79. The Balaban J connectivity index is 1.31. The highest BCUT2D eigenvalue weighted by Gasteiger charge is 2.28. The second-order valence-electron chi connectivity index (χ2n) is 11.2. The number of anilines is 2. The van der Waals surface area contributed by atoms with Gasteiger partial charge in [0.15, 0.2) is 0 Å². The first-order valence-electron chi connectivity index (χ1n) is 15.7. The molecule has 0 bridgehead atoms. The van der Waals surface area contributed by atoms with Crippen molar-refractivity contribution in [3.8, 4) is 0 Å². The number of rotatable bonds is 11. The molecule has 0 saturated carbocycles. The molecular weight excluding hydrogens is 650 g/mol. The molecule has 4 aromatic rings. The smallest absolute Gasteiger partial charge is 0.341 e. The van der Waals surface area contributed by atoms with Crippen molar-refractivity contribution < 1.29 is 28.3 Å². The number of carbonyl (C=O) groups excluding carboxylic acids is 4. The van der Waals surface area contributed by atoms with Crippen LogP contribution in [0.1, 0.15) is 69.3 Å². The minimum atomic E-state index is -0.580. The minimum absolute atomic E-state index is 0.0323. The van der Waals surface area contributed by atoms with Gasteiger partial charge in [0.05, 0.1) is 17.9 Å². The van der Waals surface area contributed by atoms with Gasteiger partial charge in [-0.05, 0) is 91.8 Å². The maximum atomic E-state index is 13.5. The lowest BCUT2D eigenvalue weighted by atomic mass is 10.1. The molecule has 48 heavy (non-hydrogen) atoms. The molecule has 0 aliphatic heterocycles. The summed E-state index contributed by atoms with van der Waals surface area (Å²) < 4.78 is 18.6. The highest BCUT2D eigenvalue weighted by Crippen LogP contribution is 2.39. The number of fused-ring (bicyclic) bond motifs is 1. The van der Waals surface area contributed by atoms with Gasteiger partial charge in [0.25, 0.3) is 11.8 Å². The average Bonchev–Trinajstić information content (AvgIpc) is 3.27. The molecule has 0 radical (unpaired) electrons. The standard InChI is InChI=1S/C37H36FN3O5S2/c1-3-30(35(44)41-36-32(37(45)46-2)28-15-8-5-9-16-31(28)48-36)47-27-14-10-13-26(22-27)39-34(43)29(21-23-17-19-25(38)20-18-23)40-33(42)24-11-6-4-7-12-24/h4,6-7,10-14,17-22,30H,3,5,8-9,15-16H2,1-2H3,(H,39,43)(H,40,42)(H,41,44)/b29-21+. The van der Waals surface area contributed by atoms with Gasteiger partial charge >= 0.3 is 5.97 Å². The van der Waals surface area contributed by atoms with Gasteiger partial charge in [-0.15, -0.1) is 23.1 Å². The fraction of sp³-hybridized carbons (Fsp3) is 0.243. The van der Waals surface area contributed by atoms with Gasteiger partial charge in [-0.2, -0.15) is 0 Å². The van der Waals surface area contributed by atoms with Crippen LogP contribution in [-0.4, -0.2) is 36.1 Å². The SMILES string of the molecule is CCC(Sc1cccc(NC(=O)/C(=C\c2ccc(F)cc2)NC(=O)c2ccccc2)c1)C(=O)Nc1sc2c(c1C(=O)OC)CCCCC2. The van der Waals surface area contributed by atoms with Crippen LogP contribution in [0.4, 0.5) is 15.1 Å². The highest BCUT2D eigenvalue weighted by molar-refractivity contribution is 8.00. The van der Waals surface area contributed by atoms with Crippen molar-refractivity contribution >= 4 is 63.6 Å². The Morgan fingerprint density at radius 2 is 1.69 bits per heavy atom. The number of benzene rings is 3. The molecule has 1 aromatic heterocycles. The molecule has 248 valence electrons. The van der Waals surface area contributed by atoms with Gasteiger partial charge in [0, 0.05) is 21.0 Å². The summed E-state index contributed by atoms with van der Waals surface area (Å²) in [6.45, 7) is 1.91. The fourth-order valence-corrected chi connectivity index (χ4v) is 7.63. The summed E-state index contributed by atoms with van der Waals surface area (Å²) in [5.41, 5.74) is 2.75. The Bertz CT molecular complexity index is 1820. The lowest BCUT2D eigenvalue weighted by Crippen LogP contribution is -2.30. The molecule has 0 spiro atoms. The normalized spacial score (nSPS) is 13.4. The molecule has 3 N–H and O–H groups in total. The van der Waals surface area contributed by atoms with Crippen molar-refractivity contribution in [1.82, 2.24) is 5.32 Å². The molecule has 8 nitrogen and oxygen atoms in total. The van der Waals surface area contributed by atoms with Crippen molar-refractivity contribution in [1.29, 1.82) is 0 Å². The number of hydrogen-bond donors (Lipinski definition) is 3. The van der Waals surface area contributed by atoms with Crippen LogP contribution in [-0.2, 0) is 27.2 Å². The number of hydrogen-bond acceptors (Lipinski definition) is 7. The molecule has 0 saturated heterocycles. The first-order valence-corrected chi connectivity index (χ1v) is 17.4. The second-order valence-corrected chi connectivity index (χ2v) is 13.6. The topological polar surface area (TPSA) is 114 Å². The van der Waals surface area contributed by atoms with Crippen LogP contribution in [0.2, 0.25) is 0 Å². The first kappa shape index (κ1) is 34.6. The van der Waals surface area contributed by atoms with E-state index in [2.05, 4.69) is 16.0 Å². The highest BCUT2D eigenvalue weighted by atomic mass is 32.2. The maximum Gasteiger partial charge on any atom is 0.341 e. The molecule has 3 aromatic carbocycles.